The van der Waals surface area contributed by atoms with Crippen molar-refractivity contribution in [3.05, 3.63) is 23.8 Å². The third kappa shape index (κ3) is 4.84. The van der Waals surface area contributed by atoms with Crippen molar-refractivity contribution in [1.82, 2.24) is 0 Å². The fourth-order valence-corrected chi connectivity index (χ4v) is 2.94. The molecule has 0 aliphatic heterocycles. The lowest BCUT2D eigenvalue weighted by Gasteiger charge is -2.27. The lowest BCUT2D eigenvalue weighted by atomic mass is 10.1. The minimum atomic E-state index is 0.188. The molecule has 0 saturated carbocycles. The molecule has 21 heavy (non-hydrogen) atoms. The van der Waals surface area contributed by atoms with E-state index in [2.05, 4.69) is 30.0 Å². The molecule has 4 nitrogen and oxygen atoms in total. The van der Waals surface area contributed by atoms with Gasteiger partial charge < -0.3 is 15.8 Å². The summed E-state index contributed by atoms with van der Waals surface area (Å²) < 4.78 is 0. The summed E-state index contributed by atoms with van der Waals surface area (Å²) in [6, 6.07) is 6.12. The standard InChI is InChI=1S/C16H27N3OS/c1-4-6-11-19(12-7-5-2)13-9-8-10-14(21-3)15(13)16(17)18-20/h8-10,20H,4-7,11-12H2,1-3H3,(H2,17,18). The van der Waals surface area contributed by atoms with Crippen LogP contribution < -0.4 is 10.6 Å². The summed E-state index contributed by atoms with van der Waals surface area (Å²) >= 11 is 1.62. The number of amidine groups is 1. The maximum atomic E-state index is 9.10. The number of rotatable bonds is 9. The zero-order valence-electron chi connectivity index (χ0n) is 13.3. The number of nitrogens with zero attached hydrogens (tertiary/aromatic N) is 2. The molecule has 0 aliphatic rings. The molecule has 0 heterocycles. The predicted molar refractivity (Wildman–Crippen MR) is 92.8 cm³/mol. The van der Waals surface area contributed by atoms with Gasteiger partial charge in [0.1, 0.15) is 0 Å². The lowest BCUT2D eigenvalue weighted by molar-refractivity contribution is 0.318. The van der Waals surface area contributed by atoms with Gasteiger partial charge in [-0.3, -0.25) is 0 Å². The molecular weight excluding hydrogens is 282 g/mol. The predicted octanol–water partition coefficient (Wildman–Crippen LogP) is 3.91. The van der Waals surface area contributed by atoms with Gasteiger partial charge in [0.25, 0.3) is 0 Å². The first-order valence-electron chi connectivity index (χ1n) is 7.59. The second-order valence-electron chi connectivity index (χ2n) is 5.03. The van der Waals surface area contributed by atoms with Gasteiger partial charge in [-0.2, -0.15) is 0 Å². The Bertz CT molecular complexity index is 455. The molecule has 5 heteroatoms. The quantitative estimate of drug-likeness (QED) is 0.239. The normalized spacial score (nSPS) is 11.7. The van der Waals surface area contributed by atoms with Crippen molar-refractivity contribution >= 4 is 23.3 Å². The molecule has 0 aliphatic carbocycles. The number of thioether (sulfide) groups is 1. The van der Waals surface area contributed by atoms with Crippen LogP contribution in [0.2, 0.25) is 0 Å². The summed E-state index contributed by atoms with van der Waals surface area (Å²) in [5.74, 6) is 0.188. The molecule has 0 spiro atoms. The lowest BCUT2D eigenvalue weighted by Crippen LogP contribution is -2.29. The van der Waals surface area contributed by atoms with Gasteiger partial charge in [-0.25, -0.2) is 0 Å². The Morgan fingerprint density at radius 1 is 1.24 bits per heavy atom. The van der Waals surface area contributed by atoms with Crippen molar-refractivity contribution < 1.29 is 5.21 Å². The topological polar surface area (TPSA) is 61.8 Å². The average Bonchev–Trinajstić information content (AvgIpc) is 2.53. The van der Waals surface area contributed by atoms with Crippen molar-refractivity contribution in [3.63, 3.8) is 0 Å². The number of oxime groups is 1. The number of hydrogen-bond acceptors (Lipinski definition) is 4. The van der Waals surface area contributed by atoms with Crippen LogP contribution in [0, 0.1) is 0 Å². The largest absolute Gasteiger partial charge is 0.409 e. The summed E-state index contributed by atoms with van der Waals surface area (Å²) in [5, 5.41) is 12.3. The molecule has 0 aromatic heterocycles. The zero-order valence-corrected chi connectivity index (χ0v) is 14.1. The molecule has 0 bridgehead atoms. The van der Waals surface area contributed by atoms with E-state index in [1.54, 1.807) is 11.8 Å². The molecule has 0 amide bonds. The van der Waals surface area contributed by atoms with E-state index in [4.69, 9.17) is 10.9 Å². The summed E-state index contributed by atoms with van der Waals surface area (Å²) in [7, 11) is 0. The molecule has 0 atom stereocenters. The van der Waals surface area contributed by atoms with Crippen LogP contribution in [-0.2, 0) is 0 Å². The first-order chi connectivity index (χ1) is 10.2. The highest BCUT2D eigenvalue weighted by Crippen LogP contribution is 2.30. The van der Waals surface area contributed by atoms with Gasteiger partial charge in [0, 0.05) is 23.7 Å². The molecule has 0 radical (unpaired) electrons. The van der Waals surface area contributed by atoms with E-state index >= 15 is 0 Å². The summed E-state index contributed by atoms with van der Waals surface area (Å²) in [6.45, 7) is 6.39. The SMILES string of the molecule is CCCCN(CCCC)c1cccc(SC)c1/C(N)=N/O. The Balaban J connectivity index is 3.21. The number of nitrogens with two attached hydrogens (primary N) is 1. The minimum Gasteiger partial charge on any atom is -0.409 e. The Morgan fingerprint density at radius 3 is 2.33 bits per heavy atom. The molecule has 1 rings (SSSR count). The maximum Gasteiger partial charge on any atom is 0.173 e. The Morgan fingerprint density at radius 2 is 1.86 bits per heavy atom. The van der Waals surface area contributed by atoms with Gasteiger partial charge in [-0.15, -0.1) is 11.8 Å². The highest BCUT2D eigenvalue weighted by molar-refractivity contribution is 7.98. The Labute approximate surface area is 132 Å². The van der Waals surface area contributed by atoms with E-state index in [0.29, 0.717) is 0 Å². The molecule has 1 aromatic carbocycles. The molecule has 0 saturated heterocycles. The van der Waals surface area contributed by atoms with E-state index < -0.39 is 0 Å². The monoisotopic (exact) mass is 309 g/mol. The highest BCUT2D eigenvalue weighted by Gasteiger charge is 2.17. The van der Waals surface area contributed by atoms with Crippen molar-refractivity contribution in [2.45, 2.75) is 44.4 Å². The summed E-state index contributed by atoms with van der Waals surface area (Å²) in [5.41, 5.74) is 7.84. The first kappa shape index (κ1) is 17.7. The minimum absolute atomic E-state index is 0.188. The van der Waals surface area contributed by atoms with Crippen LogP contribution in [-0.4, -0.2) is 30.4 Å². The van der Waals surface area contributed by atoms with E-state index in [1.807, 2.05) is 18.4 Å². The van der Waals surface area contributed by atoms with E-state index in [-0.39, 0.29) is 5.84 Å². The zero-order chi connectivity index (χ0) is 15.7. The third-order valence-electron chi connectivity index (χ3n) is 3.49. The molecule has 0 fully saturated rings. The third-order valence-corrected chi connectivity index (χ3v) is 4.27. The van der Waals surface area contributed by atoms with Crippen LogP contribution in [0.1, 0.15) is 45.1 Å². The highest BCUT2D eigenvalue weighted by atomic mass is 32.2. The smallest absolute Gasteiger partial charge is 0.173 e. The van der Waals surface area contributed by atoms with Gasteiger partial charge in [0.15, 0.2) is 5.84 Å². The van der Waals surface area contributed by atoms with Crippen LogP contribution in [0.25, 0.3) is 0 Å². The van der Waals surface area contributed by atoms with Gasteiger partial charge in [-0.05, 0) is 31.2 Å². The second kappa shape index (κ2) is 9.55. The number of unbranched alkanes of at least 4 members (excludes halogenated alkanes) is 2. The van der Waals surface area contributed by atoms with Crippen LogP contribution in [0.3, 0.4) is 0 Å². The van der Waals surface area contributed by atoms with Crippen molar-refractivity contribution in [2.75, 3.05) is 24.2 Å². The van der Waals surface area contributed by atoms with Crippen LogP contribution in [0.4, 0.5) is 5.69 Å². The summed E-state index contributed by atoms with van der Waals surface area (Å²) in [6.07, 6.45) is 6.61. The van der Waals surface area contributed by atoms with Crippen molar-refractivity contribution in [1.29, 1.82) is 0 Å². The molecule has 0 unspecified atom stereocenters. The van der Waals surface area contributed by atoms with Crippen molar-refractivity contribution in [3.8, 4) is 0 Å². The fourth-order valence-electron chi connectivity index (χ4n) is 2.31. The van der Waals surface area contributed by atoms with Gasteiger partial charge >= 0.3 is 0 Å². The number of benzene rings is 1. The van der Waals surface area contributed by atoms with Crippen LogP contribution >= 0.6 is 11.8 Å². The van der Waals surface area contributed by atoms with E-state index in [9.17, 15) is 0 Å². The second-order valence-corrected chi connectivity index (χ2v) is 5.88. The molecule has 3 N–H and O–H groups in total. The van der Waals surface area contributed by atoms with Gasteiger partial charge in [0.05, 0.1) is 5.56 Å². The summed E-state index contributed by atoms with van der Waals surface area (Å²) in [4.78, 5) is 3.40. The molecular formula is C16H27N3OS. The Hall–Kier alpha value is -1.36. The maximum absolute atomic E-state index is 9.10. The molecule has 1 aromatic rings. The number of anilines is 1. The van der Waals surface area contributed by atoms with Crippen molar-refractivity contribution in [2.24, 2.45) is 10.9 Å². The van der Waals surface area contributed by atoms with E-state index in [0.717, 1.165) is 54.9 Å². The van der Waals surface area contributed by atoms with Gasteiger partial charge in [0.2, 0.25) is 0 Å². The Kier molecular flexibility index (Phi) is 8.05. The average molecular weight is 309 g/mol. The molecule has 118 valence electrons. The van der Waals surface area contributed by atoms with Gasteiger partial charge in [-0.1, -0.05) is 37.9 Å². The van der Waals surface area contributed by atoms with E-state index in [1.165, 1.54) is 0 Å². The van der Waals surface area contributed by atoms with Crippen LogP contribution in [0.15, 0.2) is 28.3 Å². The number of hydrogen-bond donors (Lipinski definition) is 2. The van der Waals surface area contributed by atoms with Crippen LogP contribution in [0.5, 0.6) is 0 Å². The fraction of sp³-hybridized carbons (Fsp3) is 0.562. The first-order valence-corrected chi connectivity index (χ1v) is 8.81.